The predicted octanol–water partition coefficient (Wildman–Crippen LogP) is 4.66. The summed E-state index contributed by atoms with van der Waals surface area (Å²) in [6.45, 7) is 16.5. The number of rotatable bonds is 3. The zero-order valence-corrected chi connectivity index (χ0v) is 18.1. The highest BCUT2D eigenvalue weighted by atomic mass is 35.5. The van der Waals surface area contributed by atoms with Crippen LogP contribution < -0.4 is 0 Å². The lowest BCUT2D eigenvalue weighted by molar-refractivity contribution is 0.0779. The quantitative estimate of drug-likeness (QED) is 0.299. The predicted molar refractivity (Wildman–Crippen MR) is 105 cm³/mol. The molecule has 0 aromatic carbocycles. The molecule has 3 nitrogen and oxygen atoms in total. The van der Waals surface area contributed by atoms with Crippen molar-refractivity contribution in [3.05, 3.63) is 11.1 Å². The summed E-state index contributed by atoms with van der Waals surface area (Å²) >= 11 is 6.62. The Kier molecular flexibility index (Phi) is 6.63. The van der Waals surface area contributed by atoms with Gasteiger partial charge < -0.3 is 4.74 Å². The molecule has 0 bridgehead atoms. The smallest absolute Gasteiger partial charge is 0.132 e. The number of halogens is 1. The van der Waals surface area contributed by atoms with E-state index >= 15 is 0 Å². The molecule has 0 aliphatic carbocycles. The number of alkyl halides is 1. The lowest BCUT2D eigenvalue weighted by Crippen LogP contribution is -2.31. The van der Waals surface area contributed by atoms with Gasteiger partial charge in [-0.25, -0.2) is 4.31 Å². The van der Waals surface area contributed by atoms with Crippen molar-refractivity contribution in [2.24, 2.45) is 10.8 Å². The molecule has 1 unspecified atom stereocenters. The van der Waals surface area contributed by atoms with Crippen LogP contribution in [0.2, 0.25) is 0 Å². The fraction of sp³-hybridized carbons (Fsp3) is 0.875. The summed E-state index contributed by atoms with van der Waals surface area (Å²) in [5.41, 5.74) is 2.34. The van der Waals surface area contributed by atoms with E-state index in [1.807, 2.05) is 0 Å². The molecule has 0 amide bonds. The van der Waals surface area contributed by atoms with Crippen molar-refractivity contribution < 1.29 is 8.95 Å². The highest BCUT2D eigenvalue weighted by Crippen LogP contribution is 2.54. The first-order chi connectivity index (χ1) is 10.5. The van der Waals surface area contributed by atoms with E-state index in [4.69, 9.17) is 16.3 Å². The average Bonchev–Trinajstić information content (AvgIpc) is 2.70. The number of ether oxygens (including phenoxy) is 1. The average molecular weight is 398 g/mol. The van der Waals surface area contributed by atoms with Crippen molar-refractivity contribution in [2.45, 2.75) is 50.8 Å². The summed E-state index contributed by atoms with van der Waals surface area (Å²) in [6, 6.07) is 0. The summed E-state index contributed by atoms with van der Waals surface area (Å²) in [6.07, 6.45) is 0. The van der Waals surface area contributed by atoms with E-state index in [-0.39, 0.29) is 20.1 Å². The van der Waals surface area contributed by atoms with Crippen molar-refractivity contribution in [2.75, 3.05) is 26.3 Å². The molecule has 3 atom stereocenters. The minimum Gasteiger partial charge on any atom is -0.379 e. The maximum Gasteiger partial charge on any atom is 0.132 e. The summed E-state index contributed by atoms with van der Waals surface area (Å²) in [5.74, 6) is 0. The molecule has 2 aliphatic heterocycles. The summed E-state index contributed by atoms with van der Waals surface area (Å²) < 4.78 is 20.2. The molecule has 0 aromatic heterocycles. The monoisotopic (exact) mass is 397 g/mol. The Morgan fingerprint density at radius 3 is 2.09 bits per heavy atom. The highest BCUT2D eigenvalue weighted by Gasteiger charge is 2.47. The normalized spacial score (nSPS) is 31.0. The molecule has 1 fully saturated rings. The molecular weight excluding hydrogens is 370 g/mol. The Balaban J connectivity index is 2.25. The second kappa shape index (κ2) is 7.58. The SMILES string of the molecule is CC(C)(C)C1=C(C(C)(C)C)[C@@H](SSN2CCOCC2)S(=O)[C@@H]1Cl. The van der Waals surface area contributed by atoms with Gasteiger partial charge in [0.25, 0.3) is 0 Å². The van der Waals surface area contributed by atoms with E-state index < -0.39 is 10.8 Å². The van der Waals surface area contributed by atoms with Gasteiger partial charge in [0.05, 0.1) is 24.0 Å². The largest absolute Gasteiger partial charge is 0.379 e. The van der Waals surface area contributed by atoms with Crippen LogP contribution in [0, 0.1) is 10.8 Å². The van der Waals surface area contributed by atoms with Gasteiger partial charge in [-0.15, -0.1) is 11.6 Å². The lowest BCUT2D eigenvalue weighted by Gasteiger charge is -2.32. The van der Waals surface area contributed by atoms with E-state index in [2.05, 4.69) is 45.8 Å². The number of hydrogen-bond donors (Lipinski definition) is 0. The van der Waals surface area contributed by atoms with Crippen molar-refractivity contribution in [1.82, 2.24) is 4.31 Å². The zero-order valence-electron chi connectivity index (χ0n) is 14.8. The van der Waals surface area contributed by atoms with Crippen molar-refractivity contribution in [3.63, 3.8) is 0 Å². The Hall–Kier alpha value is 0.800. The topological polar surface area (TPSA) is 29.5 Å². The fourth-order valence-electron chi connectivity index (χ4n) is 2.90. The molecule has 2 rings (SSSR count). The van der Waals surface area contributed by atoms with Crippen LogP contribution in [-0.4, -0.2) is 44.1 Å². The molecule has 2 aliphatic rings. The van der Waals surface area contributed by atoms with Crippen LogP contribution in [0.15, 0.2) is 11.1 Å². The second-order valence-electron chi connectivity index (χ2n) is 8.02. The zero-order chi connectivity index (χ0) is 17.4. The first-order valence-electron chi connectivity index (χ1n) is 7.98. The first-order valence-corrected chi connectivity index (χ1v) is 11.9. The van der Waals surface area contributed by atoms with Gasteiger partial charge in [0, 0.05) is 13.1 Å². The van der Waals surface area contributed by atoms with Crippen LogP contribution in [0.3, 0.4) is 0 Å². The number of hydrogen-bond acceptors (Lipinski definition) is 5. The maximum absolute atomic E-state index is 13.0. The van der Waals surface area contributed by atoms with Crippen molar-refractivity contribution in [3.8, 4) is 0 Å². The third-order valence-electron chi connectivity index (χ3n) is 3.99. The lowest BCUT2D eigenvalue weighted by atomic mass is 9.76. The third-order valence-corrected chi connectivity index (χ3v) is 9.80. The van der Waals surface area contributed by atoms with Crippen LogP contribution in [0.1, 0.15) is 41.5 Å². The van der Waals surface area contributed by atoms with Gasteiger partial charge in [0.1, 0.15) is 9.29 Å². The molecule has 0 N–H and O–H groups in total. The molecular formula is C16H28ClNO2S3. The minimum atomic E-state index is -1.09. The van der Waals surface area contributed by atoms with E-state index in [1.54, 1.807) is 21.8 Å². The van der Waals surface area contributed by atoms with Crippen molar-refractivity contribution in [1.29, 1.82) is 0 Å². The molecule has 0 spiro atoms. The van der Waals surface area contributed by atoms with Gasteiger partial charge in [0.2, 0.25) is 0 Å². The highest BCUT2D eigenvalue weighted by molar-refractivity contribution is 8.77. The fourth-order valence-corrected chi connectivity index (χ4v) is 9.55. The summed E-state index contributed by atoms with van der Waals surface area (Å²) in [4.78, 5) is 0. The van der Waals surface area contributed by atoms with E-state index in [1.165, 1.54) is 11.1 Å². The molecule has 0 aromatic rings. The molecule has 2 heterocycles. The molecule has 0 saturated carbocycles. The third kappa shape index (κ3) is 4.70. The van der Waals surface area contributed by atoms with Crippen molar-refractivity contribution >= 4 is 44.2 Å². The molecule has 1 saturated heterocycles. The first kappa shape index (κ1) is 20.1. The standard InChI is InChI=1S/C16H28ClNO2S3/c1-15(2,3)11-12(16(4,5)6)14(23(19)13(11)17)21-22-18-7-9-20-10-8-18/h13-14H,7-10H2,1-6H3/t13-,14-,23?/m0/s1. The van der Waals surface area contributed by atoms with Crippen LogP contribution in [0.4, 0.5) is 0 Å². The Labute approximate surface area is 156 Å². The Bertz CT molecular complexity index is 491. The van der Waals surface area contributed by atoms with Gasteiger partial charge in [-0.1, -0.05) is 52.3 Å². The van der Waals surface area contributed by atoms with E-state index in [0.29, 0.717) is 0 Å². The van der Waals surface area contributed by atoms with E-state index in [0.717, 1.165) is 26.3 Å². The van der Waals surface area contributed by atoms with Crippen LogP contribution in [0.25, 0.3) is 0 Å². The Morgan fingerprint density at radius 1 is 1.09 bits per heavy atom. The van der Waals surface area contributed by atoms with Gasteiger partial charge >= 0.3 is 0 Å². The molecule has 7 heteroatoms. The molecule has 23 heavy (non-hydrogen) atoms. The van der Waals surface area contributed by atoms with Gasteiger partial charge in [0.15, 0.2) is 0 Å². The summed E-state index contributed by atoms with van der Waals surface area (Å²) in [5, 5.41) is 0. The number of nitrogens with zero attached hydrogens (tertiary/aromatic N) is 1. The summed E-state index contributed by atoms with van der Waals surface area (Å²) in [7, 11) is 2.33. The van der Waals surface area contributed by atoms with Gasteiger partial charge in [-0.2, -0.15) is 0 Å². The van der Waals surface area contributed by atoms with Crippen LogP contribution in [0.5, 0.6) is 0 Å². The number of morpholine rings is 1. The van der Waals surface area contributed by atoms with Gasteiger partial charge in [-0.3, -0.25) is 4.21 Å². The molecule has 0 radical (unpaired) electrons. The van der Waals surface area contributed by atoms with Crippen LogP contribution in [-0.2, 0) is 15.5 Å². The van der Waals surface area contributed by atoms with Gasteiger partial charge in [-0.05, 0) is 33.0 Å². The van der Waals surface area contributed by atoms with Crippen LogP contribution >= 0.6 is 33.4 Å². The maximum atomic E-state index is 13.0. The van der Waals surface area contributed by atoms with E-state index in [9.17, 15) is 4.21 Å². The Morgan fingerprint density at radius 2 is 1.61 bits per heavy atom. The molecule has 134 valence electrons. The second-order valence-corrected chi connectivity index (χ2v) is 13.0. The minimum absolute atomic E-state index is 0.0366.